The Morgan fingerprint density at radius 2 is 1.27 bits per heavy atom. The fourth-order valence-electron chi connectivity index (χ4n) is 2.94. The third kappa shape index (κ3) is 9.35. The van der Waals surface area contributed by atoms with E-state index in [0.717, 1.165) is 17.1 Å². The summed E-state index contributed by atoms with van der Waals surface area (Å²) in [4.78, 5) is 0. The predicted octanol–water partition coefficient (Wildman–Crippen LogP) is 7.17. The Balaban J connectivity index is 1.90. The fourth-order valence-corrected chi connectivity index (χ4v) is 3.15. The average molecular weight is 324 g/mol. The first-order valence-electron chi connectivity index (χ1n) is 9.28. The number of benzene rings is 1. The Morgan fingerprint density at radius 1 is 0.773 bits per heavy atom. The van der Waals surface area contributed by atoms with E-state index >= 15 is 0 Å². The molecule has 0 amide bonds. The Bertz CT molecular complexity index is 389. The van der Waals surface area contributed by atoms with E-state index in [2.05, 4.69) is 6.92 Å². The minimum Gasteiger partial charge on any atom is -0.399 e. The van der Waals surface area contributed by atoms with Gasteiger partial charge in [0.25, 0.3) is 0 Å². The van der Waals surface area contributed by atoms with Crippen LogP contribution in [0.2, 0.25) is 5.02 Å². The minimum atomic E-state index is 0.818. The molecule has 2 N–H and O–H groups in total. The number of rotatable bonds is 13. The van der Waals surface area contributed by atoms with Crippen LogP contribution >= 0.6 is 11.6 Å². The van der Waals surface area contributed by atoms with E-state index in [1.807, 2.05) is 18.2 Å². The lowest BCUT2D eigenvalue weighted by Gasteiger charge is -2.06. The van der Waals surface area contributed by atoms with Crippen LogP contribution in [-0.4, -0.2) is 0 Å². The highest BCUT2D eigenvalue weighted by molar-refractivity contribution is 6.31. The van der Waals surface area contributed by atoms with Crippen molar-refractivity contribution >= 4 is 17.3 Å². The number of anilines is 1. The number of aryl methyl sites for hydroxylation is 1. The van der Waals surface area contributed by atoms with Crippen molar-refractivity contribution in [2.75, 3.05) is 5.73 Å². The first kappa shape index (κ1) is 19.4. The Morgan fingerprint density at radius 3 is 1.82 bits per heavy atom. The maximum Gasteiger partial charge on any atom is 0.0439 e. The van der Waals surface area contributed by atoms with E-state index in [4.69, 9.17) is 17.3 Å². The van der Waals surface area contributed by atoms with Gasteiger partial charge in [-0.05, 0) is 36.6 Å². The van der Waals surface area contributed by atoms with Crippen LogP contribution in [-0.2, 0) is 6.42 Å². The molecule has 0 aliphatic carbocycles. The molecule has 1 nitrogen and oxygen atoms in total. The highest BCUT2D eigenvalue weighted by atomic mass is 35.5. The maximum atomic E-state index is 6.18. The SMILES string of the molecule is CCCCCCCCCCCCCCc1cc(N)ccc1Cl. The summed E-state index contributed by atoms with van der Waals surface area (Å²) < 4.78 is 0. The fraction of sp³-hybridized carbons (Fsp3) is 0.700. The smallest absolute Gasteiger partial charge is 0.0439 e. The summed E-state index contributed by atoms with van der Waals surface area (Å²) in [5.74, 6) is 0. The molecule has 0 aliphatic rings. The van der Waals surface area contributed by atoms with E-state index in [9.17, 15) is 0 Å². The zero-order valence-corrected chi connectivity index (χ0v) is 15.1. The zero-order chi connectivity index (χ0) is 16.0. The van der Waals surface area contributed by atoms with Gasteiger partial charge in [0.05, 0.1) is 0 Å². The molecular formula is C20H34ClN. The van der Waals surface area contributed by atoms with E-state index in [1.54, 1.807) is 0 Å². The molecule has 0 aliphatic heterocycles. The molecule has 1 aromatic carbocycles. The number of nitrogen functional groups attached to an aromatic ring is 1. The largest absolute Gasteiger partial charge is 0.399 e. The first-order valence-corrected chi connectivity index (χ1v) is 9.65. The molecule has 0 saturated carbocycles. The second-order valence-corrected chi connectivity index (χ2v) is 6.90. The molecule has 0 unspecified atom stereocenters. The summed E-state index contributed by atoms with van der Waals surface area (Å²) in [5, 5.41) is 0.859. The lowest BCUT2D eigenvalue weighted by molar-refractivity contribution is 0.544. The summed E-state index contributed by atoms with van der Waals surface area (Å²) >= 11 is 6.18. The van der Waals surface area contributed by atoms with Crippen molar-refractivity contribution in [2.24, 2.45) is 0 Å². The van der Waals surface area contributed by atoms with Crippen LogP contribution in [0, 0.1) is 0 Å². The maximum absolute atomic E-state index is 6.18. The molecule has 126 valence electrons. The van der Waals surface area contributed by atoms with Crippen molar-refractivity contribution in [1.29, 1.82) is 0 Å². The van der Waals surface area contributed by atoms with E-state index in [0.29, 0.717) is 0 Å². The van der Waals surface area contributed by atoms with Gasteiger partial charge in [-0.1, -0.05) is 89.2 Å². The van der Waals surface area contributed by atoms with Gasteiger partial charge < -0.3 is 5.73 Å². The molecule has 0 radical (unpaired) electrons. The monoisotopic (exact) mass is 323 g/mol. The Hall–Kier alpha value is -0.690. The predicted molar refractivity (Wildman–Crippen MR) is 101 cm³/mol. The highest BCUT2D eigenvalue weighted by Gasteiger charge is 2.01. The quantitative estimate of drug-likeness (QED) is 0.302. The van der Waals surface area contributed by atoms with Gasteiger partial charge in [-0.15, -0.1) is 0 Å². The van der Waals surface area contributed by atoms with Gasteiger partial charge in [-0.3, -0.25) is 0 Å². The number of halogens is 1. The zero-order valence-electron chi connectivity index (χ0n) is 14.4. The van der Waals surface area contributed by atoms with Crippen LogP contribution in [0.1, 0.15) is 89.5 Å². The standard InChI is InChI=1S/C20H34ClN/c1-2-3-4-5-6-7-8-9-10-11-12-13-14-18-17-19(22)15-16-20(18)21/h15-17H,2-14,22H2,1H3. The van der Waals surface area contributed by atoms with Gasteiger partial charge in [-0.25, -0.2) is 0 Å². The van der Waals surface area contributed by atoms with Gasteiger partial charge in [0, 0.05) is 10.7 Å². The normalized spacial score (nSPS) is 11.0. The average Bonchev–Trinajstić information content (AvgIpc) is 2.51. The number of nitrogens with two attached hydrogens (primary N) is 1. The lowest BCUT2D eigenvalue weighted by Crippen LogP contribution is -1.91. The second kappa shape index (κ2) is 12.8. The highest BCUT2D eigenvalue weighted by Crippen LogP contribution is 2.21. The van der Waals surface area contributed by atoms with E-state index < -0.39 is 0 Å². The molecule has 1 aromatic rings. The summed E-state index contributed by atoms with van der Waals surface area (Å²) in [7, 11) is 0. The molecule has 22 heavy (non-hydrogen) atoms. The molecule has 2 heteroatoms. The van der Waals surface area contributed by atoms with Crippen molar-refractivity contribution in [3.8, 4) is 0 Å². The van der Waals surface area contributed by atoms with Crippen molar-refractivity contribution in [1.82, 2.24) is 0 Å². The van der Waals surface area contributed by atoms with Crippen LogP contribution < -0.4 is 5.73 Å². The van der Waals surface area contributed by atoms with Gasteiger partial charge in [0.15, 0.2) is 0 Å². The topological polar surface area (TPSA) is 26.0 Å². The van der Waals surface area contributed by atoms with Gasteiger partial charge >= 0.3 is 0 Å². The van der Waals surface area contributed by atoms with Crippen molar-refractivity contribution in [3.63, 3.8) is 0 Å². The third-order valence-electron chi connectivity index (χ3n) is 4.37. The molecule has 1 rings (SSSR count). The number of hydrogen-bond acceptors (Lipinski definition) is 1. The molecule has 0 spiro atoms. The molecule has 0 aromatic heterocycles. The van der Waals surface area contributed by atoms with E-state index in [-0.39, 0.29) is 0 Å². The van der Waals surface area contributed by atoms with Crippen LogP contribution in [0.3, 0.4) is 0 Å². The van der Waals surface area contributed by atoms with Crippen LogP contribution in [0.15, 0.2) is 18.2 Å². The minimum absolute atomic E-state index is 0.818. The third-order valence-corrected chi connectivity index (χ3v) is 4.74. The van der Waals surface area contributed by atoms with Crippen LogP contribution in [0.25, 0.3) is 0 Å². The Kier molecular flexibility index (Phi) is 11.3. The molecule has 0 atom stereocenters. The van der Waals surface area contributed by atoms with Crippen LogP contribution in [0.5, 0.6) is 0 Å². The van der Waals surface area contributed by atoms with Crippen molar-refractivity contribution in [2.45, 2.75) is 90.4 Å². The molecule has 0 saturated heterocycles. The molecular weight excluding hydrogens is 290 g/mol. The van der Waals surface area contributed by atoms with E-state index in [1.165, 1.54) is 82.6 Å². The second-order valence-electron chi connectivity index (χ2n) is 6.49. The molecule has 0 bridgehead atoms. The Labute approximate surface area is 142 Å². The van der Waals surface area contributed by atoms with Gasteiger partial charge in [-0.2, -0.15) is 0 Å². The number of hydrogen-bond donors (Lipinski definition) is 1. The molecule has 0 fully saturated rings. The van der Waals surface area contributed by atoms with Crippen molar-refractivity contribution < 1.29 is 0 Å². The molecule has 0 heterocycles. The summed E-state index contributed by atoms with van der Waals surface area (Å²) in [6.07, 6.45) is 17.7. The number of unbranched alkanes of at least 4 members (excludes halogenated alkanes) is 11. The van der Waals surface area contributed by atoms with Gasteiger partial charge in [0.1, 0.15) is 0 Å². The summed E-state index contributed by atoms with van der Waals surface area (Å²) in [6.45, 7) is 2.28. The van der Waals surface area contributed by atoms with Gasteiger partial charge in [0.2, 0.25) is 0 Å². The van der Waals surface area contributed by atoms with Crippen molar-refractivity contribution in [3.05, 3.63) is 28.8 Å². The van der Waals surface area contributed by atoms with Crippen LogP contribution in [0.4, 0.5) is 5.69 Å². The summed E-state index contributed by atoms with van der Waals surface area (Å²) in [5.41, 5.74) is 7.83. The lowest BCUT2D eigenvalue weighted by atomic mass is 10.0. The first-order chi connectivity index (χ1) is 10.7. The summed E-state index contributed by atoms with van der Waals surface area (Å²) in [6, 6.07) is 5.79.